The molecule has 0 atom stereocenters. The van der Waals surface area contributed by atoms with E-state index in [9.17, 15) is 0 Å². The first-order valence-electron chi connectivity index (χ1n) is 16.7. The van der Waals surface area contributed by atoms with Crippen LogP contribution in [0, 0.1) is 0 Å². The average molecular weight is 641 g/mol. The number of para-hydroxylation sites is 2. The number of aromatic nitrogens is 4. The molecular weight excluding hydrogens is 613 g/mol. The van der Waals surface area contributed by atoms with Gasteiger partial charge in [-0.2, -0.15) is 0 Å². The van der Waals surface area contributed by atoms with Crippen LogP contribution in [0.4, 0.5) is 0 Å². The van der Waals surface area contributed by atoms with Gasteiger partial charge in [0.15, 0.2) is 17.5 Å². The smallest absolute Gasteiger partial charge is 0.164 e. The summed E-state index contributed by atoms with van der Waals surface area (Å²) < 4.78 is 8.81. The van der Waals surface area contributed by atoms with Crippen molar-refractivity contribution in [2.24, 2.45) is 0 Å². The summed E-state index contributed by atoms with van der Waals surface area (Å²) in [4.78, 5) is 14.7. The van der Waals surface area contributed by atoms with Gasteiger partial charge in [-0.05, 0) is 65.7 Å². The van der Waals surface area contributed by atoms with E-state index in [1.807, 2.05) is 72.8 Å². The van der Waals surface area contributed by atoms with Crippen molar-refractivity contribution in [1.82, 2.24) is 19.5 Å². The van der Waals surface area contributed by atoms with Crippen LogP contribution in [0.15, 0.2) is 174 Å². The van der Waals surface area contributed by atoms with E-state index in [2.05, 4.69) is 102 Å². The van der Waals surface area contributed by atoms with Crippen molar-refractivity contribution in [2.75, 3.05) is 0 Å². The Balaban J connectivity index is 1.09. The standard InChI is InChI=1S/C45H28N4O/c1-4-12-29(13-5-1)43-46-44(30-14-6-2-7-15-30)48-45(47-43)33-22-25-41-38(26-33)37-24-21-32(28-42(37)50-41)31-20-23-36-35-18-10-11-19-39(35)49(40(36)27-31)34-16-8-3-9-17-34/h1-28H. The molecule has 0 saturated carbocycles. The second-order valence-electron chi connectivity index (χ2n) is 12.5. The Hall–Kier alpha value is -6.85. The van der Waals surface area contributed by atoms with Gasteiger partial charge in [-0.1, -0.05) is 115 Å². The molecule has 0 N–H and O–H groups in total. The normalized spacial score (nSPS) is 11.6. The van der Waals surface area contributed by atoms with Crippen molar-refractivity contribution < 1.29 is 4.42 Å². The van der Waals surface area contributed by atoms with Gasteiger partial charge in [-0.15, -0.1) is 0 Å². The first-order chi connectivity index (χ1) is 24.8. The van der Waals surface area contributed by atoms with E-state index in [4.69, 9.17) is 19.4 Å². The number of hydrogen-bond donors (Lipinski definition) is 0. The third-order valence-electron chi connectivity index (χ3n) is 9.45. The molecule has 0 aliphatic rings. The highest BCUT2D eigenvalue weighted by Crippen LogP contribution is 2.38. The number of nitrogens with zero attached hydrogens (tertiary/aromatic N) is 4. The largest absolute Gasteiger partial charge is 0.456 e. The lowest BCUT2D eigenvalue weighted by molar-refractivity contribution is 0.669. The molecule has 5 heteroatoms. The molecule has 0 spiro atoms. The summed E-state index contributed by atoms with van der Waals surface area (Å²) in [6, 6.07) is 58.7. The maximum absolute atomic E-state index is 6.46. The van der Waals surface area contributed by atoms with E-state index in [1.165, 1.54) is 21.8 Å². The van der Waals surface area contributed by atoms with E-state index in [-0.39, 0.29) is 0 Å². The lowest BCUT2D eigenvalue weighted by Gasteiger charge is -2.09. The molecule has 7 aromatic carbocycles. The zero-order valence-corrected chi connectivity index (χ0v) is 26.9. The van der Waals surface area contributed by atoms with E-state index >= 15 is 0 Å². The van der Waals surface area contributed by atoms with Crippen LogP contribution < -0.4 is 0 Å². The topological polar surface area (TPSA) is 56.7 Å². The summed E-state index contributed by atoms with van der Waals surface area (Å²) in [5.74, 6) is 1.90. The van der Waals surface area contributed by atoms with Crippen LogP contribution in [0.3, 0.4) is 0 Å². The summed E-state index contributed by atoms with van der Waals surface area (Å²) in [5, 5.41) is 4.54. The van der Waals surface area contributed by atoms with Crippen LogP contribution in [0.5, 0.6) is 0 Å². The maximum atomic E-state index is 6.46. The van der Waals surface area contributed by atoms with Crippen molar-refractivity contribution in [2.45, 2.75) is 0 Å². The molecule has 5 nitrogen and oxygen atoms in total. The molecule has 0 unspecified atom stereocenters. The van der Waals surface area contributed by atoms with Gasteiger partial charge in [0, 0.05) is 43.9 Å². The van der Waals surface area contributed by atoms with Crippen LogP contribution >= 0.6 is 0 Å². The van der Waals surface area contributed by atoms with Crippen molar-refractivity contribution in [3.05, 3.63) is 170 Å². The molecule has 0 fully saturated rings. The van der Waals surface area contributed by atoms with Crippen molar-refractivity contribution in [3.8, 4) is 51.0 Å². The highest BCUT2D eigenvalue weighted by atomic mass is 16.3. The van der Waals surface area contributed by atoms with Gasteiger partial charge in [0.1, 0.15) is 11.2 Å². The Kier molecular flexibility index (Phi) is 6.42. The second-order valence-corrected chi connectivity index (χ2v) is 12.5. The van der Waals surface area contributed by atoms with Crippen LogP contribution in [0.1, 0.15) is 0 Å². The quantitative estimate of drug-likeness (QED) is 0.188. The molecule has 10 rings (SSSR count). The molecule has 3 heterocycles. The summed E-state index contributed by atoms with van der Waals surface area (Å²) in [6.45, 7) is 0. The minimum absolute atomic E-state index is 0.618. The monoisotopic (exact) mass is 640 g/mol. The molecule has 0 bridgehead atoms. The Labute approximate surface area is 287 Å². The fourth-order valence-electron chi connectivity index (χ4n) is 7.04. The van der Waals surface area contributed by atoms with Crippen LogP contribution in [-0.2, 0) is 0 Å². The van der Waals surface area contributed by atoms with Gasteiger partial charge in [-0.25, -0.2) is 15.0 Å². The Bertz CT molecular complexity index is 2800. The first-order valence-corrected chi connectivity index (χ1v) is 16.7. The van der Waals surface area contributed by atoms with Gasteiger partial charge in [0.2, 0.25) is 0 Å². The molecule has 0 amide bonds. The molecule has 0 aliphatic carbocycles. The summed E-state index contributed by atoms with van der Waals surface area (Å²) in [5.41, 5.74) is 10.2. The number of rotatable bonds is 5. The Morgan fingerprint density at radius 1 is 0.340 bits per heavy atom. The van der Waals surface area contributed by atoms with Crippen LogP contribution in [0.2, 0.25) is 0 Å². The highest BCUT2D eigenvalue weighted by molar-refractivity contribution is 6.11. The minimum Gasteiger partial charge on any atom is -0.456 e. The third-order valence-corrected chi connectivity index (χ3v) is 9.45. The predicted molar refractivity (Wildman–Crippen MR) is 203 cm³/mol. The second kappa shape index (κ2) is 11.4. The fourth-order valence-corrected chi connectivity index (χ4v) is 7.04. The van der Waals surface area contributed by atoms with Gasteiger partial charge < -0.3 is 8.98 Å². The van der Waals surface area contributed by atoms with Crippen molar-refractivity contribution >= 4 is 43.7 Å². The van der Waals surface area contributed by atoms with E-state index in [0.29, 0.717) is 17.5 Å². The molecule has 0 aliphatic heterocycles. The molecule has 0 saturated heterocycles. The summed E-state index contributed by atoms with van der Waals surface area (Å²) >= 11 is 0. The van der Waals surface area contributed by atoms with E-state index in [1.54, 1.807) is 0 Å². The SMILES string of the molecule is c1ccc(-c2nc(-c3ccccc3)nc(-c3ccc4oc5cc(-c6ccc7c8ccccc8n(-c8ccccc8)c7c6)ccc5c4c3)n2)cc1. The number of hydrogen-bond acceptors (Lipinski definition) is 4. The number of fused-ring (bicyclic) bond motifs is 6. The lowest BCUT2D eigenvalue weighted by Crippen LogP contribution is -2.00. The first kappa shape index (κ1) is 28.2. The van der Waals surface area contributed by atoms with E-state index in [0.717, 1.165) is 55.4 Å². The van der Waals surface area contributed by atoms with Gasteiger partial charge in [-0.3, -0.25) is 0 Å². The molecule has 0 radical (unpaired) electrons. The fraction of sp³-hybridized carbons (Fsp3) is 0. The summed E-state index contributed by atoms with van der Waals surface area (Å²) in [6.07, 6.45) is 0. The van der Waals surface area contributed by atoms with Crippen LogP contribution in [-0.4, -0.2) is 19.5 Å². The molecule has 50 heavy (non-hydrogen) atoms. The van der Waals surface area contributed by atoms with Gasteiger partial charge >= 0.3 is 0 Å². The Morgan fingerprint density at radius 2 is 0.880 bits per heavy atom. The lowest BCUT2D eigenvalue weighted by atomic mass is 10.0. The molecule has 234 valence electrons. The Morgan fingerprint density at radius 3 is 1.58 bits per heavy atom. The third kappa shape index (κ3) is 4.67. The highest BCUT2D eigenvalue weighted by Gasteiger charge is 2.17. The zero-order chi connectivity index (χ0) is 33.0. The van der Waals surface area contributed by atoms with Gasteiger partial charge in [0.25, 0.3) is 0 Å². The average Bonchev–Trinajstić information content (AvgIpc) is 3.73. The van der Waals surface area contributed by atoms with E-state index < -0.39 is 0 Å². The molecular formula is C45H28N4O. The summed E-state index contributed by atoms with van der Waals surface area (Å²) in [7, 11) is 0. The number of benzene rings is 7. The van der Waals surface area contributed by atoms with Gasteiger partial charge in [0.05, 0.1) is 11.0 Å². The van der Waals surface area contributed by atoms with Crippen molar-refractivity contribution in [1.29, 1.82) is 0 Å². The van der Waals surface area contributed by atoms with Crippen LogP contribution in [0.25, 0.3) is 94.7 Å². The predicted octanol–water partition coefficient (Wildman–Crippen LogP) is 11.5. The maximum Gasteiger partial charge on any atom is 0.164 e. The minimum atomic E-state index is 0.618. The molecule has 10 aromatic rings. The van der Waals surface area contributed by atoms with Crippen molar-refractivity contribution in [3.63, 3.8) is 0 Å². The molecule has 3 aromatic heterocycles. The number of furan rings is 1. The zero-order valence-electron chi connectivity index (χ0n) is 26.9.